The Labute approximate surface area is 279 Å². The zero-order chi connectivity index (χ0) is 34.5. The number of nitrogens with one attached hydrogen (secondary N) is 3. The fourth-order valence-electron chi connectivity index (χ4n) is 5.62. The molecule has 13 nitrogen and oxygen atoms in total. The number of hydrogen-bond acceptors (Lipinski definition) is 8. The molecule has 2 aliphatic rings. The van der Waals surface area contributed by atoms with E-state index in [4.69, 9.17) is 20.2 Å². The molecular weight excluding hydrogens is 614 g/mol. The normalized spacial score (nSPS) is 18.0. The number of primary amides is 1. The minimum atomic E-state index is -1.64. The monoisotopic (exact) mass is 655 g/mol. The first-order chi connectivity index (χ1) is 22.8. The predicted molar refractivity (Wildman–Crippen MR) is 183 cm³/mol. The molecule has 0 radical (unpaired) electrons. The number of hydrogen-bond donors (Lipinski definition) is 4. The Kier molecular flexibility index (Phi) is 10.1. The van der Waals surface area contributed by atoms with E-state index >= 15 is 0 Å². The quantitative estimate of drug-likeness (QED) is 0.284. The highest BCUT2D eigenvalue weighted by molar-refractivity contribution is 6.16. The summed E-state index contributed by atoms with van der Waals surface area (Å²) >= 11 is 0. The second kappa shape index (κ2) is 14.2. The van der Waals surface area contributed by atoms with Gasteiger partial charge in [-0.1, -0.05) is 54.6 Å². The smallest absolute Gasteiger partial charge is 0.412 e. The van der Waals surface area contributed by atoms with E-state index in [-0.39, 0.29) is 0 Å². The molecule has 48 heavy (non-hydrogen) atoms. The summed E-state index contributed by atoms with van der Waals surface area (Å²) in [6.07, 6.45) is -2.08. The number of ether oxygens (including phenoxy) is 2. The number of amides is 5. The standard InChI is InChI=1S/C35H41N7O6/c1-34(2,3)48-33(46)38-25-14-10-13-24(21-25)37-32(45)40-29-30(43)42(35(4,31(36)44)23-11-6-5-7-12-23)28-16-9-8-15-26(28)27(39-29)22-41-17-19-47-20-18-41/h5-16,21,29H,17-20,22H2,1-4H3,(H2,36,44)(H,38,46)(H2,37,40,45). The van der Waals surface area contributed by atoms with Crippen LogP contribution < -0.4 is 26.6 Å². The Morgan fingerprint density at radius 3 is 2.23 bits per heavy atom. The van der Waals surface area contributed by atoms with E-state index in [0.717, 1.165) is 0 Å². The number of anilines is 3. The Morgan fingerprint density at radius 1 is 0.917 bits per heavy atom. The van der Waals surface area contributed by atoms with Crippen LogP contribution in [0.1, 0.15) is 38.8 Å². The number of benzene rings is 3. The Morgan fingerprint density at radius 2 is 1.56 bits per heavy atom. The molecule has 5 rings (SSSR count). The van der Waals surface area contributed by atoms with Crippen LogP contribution in [0.5, 0.6) is 0 Å². The van der Waals surface area contributed by atoms with Gasteiger partial charge in [-0.05, 0) is 57.5 Å². The molecule has 3 aromatic rings. The van der Waals surface area contributed by atoms with Crippen LogP contribution >= 0.6 is 0 Å². The van der Waals surface area contributed by atoms with E-state index in [1.54, 1.807) is 94.4 Å². The van der Waals surface area contributed by atoms with Gasteiger partial charge in [0.1, 0.15) is 11.1 Å². The summed E-state index contributed by atoms with van der Waals surface area (Å²) in [6, 6.07) is 21.7. The Bertz CT molecular complexity index is 1700. The molecule has 252 valence electrons. The lowest BCUT2D eigenvalue weighted by atomic mass is 9.87. The molecule has 5 amide bonds. The van der Waals surface area contributed by atoms with Gasteiger partial charge in [0, 0.05) is 36.6 Å². The van der Waals surface area contributed by atoms with Crippen molar-refractivity contribution in [3.63, 3.8) is 0 Å². The largest absolute Gasteiger partial charge is 0.444 e. The number of rotatable bonds is 8. The highest BCUT2D eigenvalue weighted by atomic mass is 16.6. The van der Waals surface area contributed by atoms with E-state index in [1.165, 1.54) is 4.90 Å². The first-order valence-corrected chi connectivity index (χ1v) is 15.7. The van der Waals surface area contributed by atoms with E-state index in [2.05, 4.69) is 20.9 Å². The number of para-hydroxylation sites is 1. The Balaban J connectivity index is 1.49. The molecule has 0 bridgehead atoms. The van der Waals surface area contributed by atoms with E-state index in [0.29, 0.717) is 66.7 Å². The van der Waals surface area contributed by atoms with Crippen molar-refractivity contribution in [2.45, 2.75) is 45.0 Å². The van der Waals surface area contributed by atoms with Crippen LogP contribution in [0.2, 0.25) is 0 Å². The van der Waals surface area contributed by atoms with Crippen LogP contribution in [-0.2, 0) is 24.6 Å². The van der Waals surface area contributed by atoms with Gasteiger partial charge in [-0.25, -0.2) is 9.59 Å². The van der Waals surface area contributed by atoms with E-state index in [9.17, 15) is 19.2 Å². The Hall–Kier alpha value is -5.27. The highest BCUT2D eigenvalue weighted by Gasteiger charge is 2.48. The molecule has 2 aliphatic heterocycles. The van der Waals surface area contributed by atoms with Crippen LogP contribution in [0.15, 0.2) is 83.9 Å². The lowest BCUT2D eigenvalue weighted by Crippen LogP contribution is -2.60. The molecule has 0 saturated carbocycles. The average Bonchev–Trinajstić information content (AvgIpc) is 3.14. The predicted octanol–water partition coefficient (Wildman–Crippen LogP) is 4.05. The summed E-state index contributed by atoms with van der Waals surface area (Å²) in [5, 5.41) is 8.06. The summed E-state index contributed by atoms with van der Waals surface area (Å²) < 4.78 is 10.8. The van der Waals surface area contributed by atoms with E-state index < -0.39 is 41.2 Å². The third kappa shape index (κ3) is 7.81. The number of fused-ring (bicyclic) bond motifs is 1. The van der Waals surface area contributed by atoms with Crippen molar-refractivity contribution in [3.05, 3.63) is 90.0 Å². The summed E-state index contributed by atoms with van der Waals surface area (Å²) in [6.45, 7) is 9.66. The SMILES string of the molecule is CC(C)(C)OC(=O)Nc1cccc(NC(=O)NC2N=C(CN3CCOCC3)c3ccccc3N(C(C)(C(N)=O)c3ccccc3)C2=O)c1. The fourth-order valence-corrected chi connectivity index (χ4v) is 5.62. The van der Waals surface area contributed by atoms with Gasteiger partial charge in [0.05, 0.1) is 24.6 Å². The molecule has 0 spiro atoms. The van der Waals surface area contributed by atoms with Crippen LogP contribution in [0.4, 0.5) is 26.7 Å². The van der Waals surface area contributed by atoms with Crippen molar-refractivity contribution in [1.29, 1.82) is 0 Å². The maximum atomic E-state index is 14.6. The molecule has 0 aliphatic carbocycles. The third-order valence-electron chi connectivity index (χ3n) is 7.97. The van der Waals surface area contributed by atoms with Crippen molar-refractivity contribution in [2.24, 2.45) is 10.7 Å². The van der Waals surface area contributed by atoms with Crippen LogP contribution in [0.3, 0.4) is 0 Å². The van der Waals surface area contributed by atoms with Gasteiger partial charge < -0.3 is 25.8 Å². The second-order valence-corrected chi connectivity index (χ2v) is 12.7. The van der Waals surface area contributed by atoms with Gasteiger partial charge in [-0.3, -0.25) is 29.7 Å². The van der Waals surface area contributed by atoms with Crippen molar-refractivity contribution in [1.82, 2.24) is 10.2 Å². The number of nitrogens with zero attached hydrogens (tertiary/aromatic N) is 3. The van der Waals surface area contributed by atoms with Crippen molar-refractivity contribution >= 4 is 46.7 Å². The molecule has 1 fully saturated rings. The summed E-state index contributed by atoms with van der Waals surface area (Å²) in [5.41, 5.74) is 6.60. The summed E-state index contributed by atoms with van der Waals surface area (Å²) in [5.74, 6) is -1.41. The molecule has 13 heteroatoms. The number of benzodiazepines with no additional fused rings is 1. The van der Waals surface area contributed by atoms with Crippen LogP contribution in [0.25, 0.3) is 0 Å². The molecule has 0 aromatic heterocycles. The van der Waals surface area contributed by atoms with Gasteiger partial charge in [0.15, 0.2) is 0 Å². The molecule has 5 N–H and O–H groups in total. The third-order valence-corrected chi connectivity index (χ3v) is 7.97. The maximum Gasteiger partial charge on any atom is 0.412 e. The maximum absolute atomic E-state index is 14.6. The number of nitrogens with two attached hydrogens (primary N) is 1. The highest BCUT2D eigenvalue weighted by Crippen LogP contribution is 2.37. The molecule has 2 atom stereocenters. The van der Waals surface area contributed by atoms with Crippen molar-refractivity contribution in [2.75, 3.05) is 48.4 Å². The van der Waals surface area contributed by atoms with Gasteiger partial charge in [-0.15, -0.1) is 0 Å². The van der Waals surface area contributed by atoms with Gasteiger partial charge >= 0.3 is 12.1 Å². The van der Waals surface area contributed by atoms with Crippen molar-refractivity contribution in [3.8, 4) is 0 Å². The fraction of sp³-hybridized carbons (Fsp3) is 0.343. The minimum Gasteiger partial charge on any atom is -0.444 e. The summed E-state index contributed by atoms with van der Waals surface area (Å²) in [4.78, 5) is 62.1. The first-order valence-electron chi connectivity index (χ1n) is 15.7. The lowest BCUT2D eigenvalue weighted by molar-refractivity contribution is -0.128. The number of morpholine rings is 1. The molecule has 3 aromatic carbocycles. The molecule has 2 heterocycles. The van der Waals surface area contributed by atoms with E-state index in [1.807, 2.05) is 12.1 Å². The van der Waals surface area contributed by atoms with Crippen molar-refractivity contribution < 1.29 is 28.7 Å². The molecule has 2 unspecified atom stereocenters. The zero-order valence-corrected chi connectivity index (χ0v) is 27.5. The minimum absolute atomic E-state index is 0.339. The van der Waals surface area contributed by atoms with Crippen LogP contribution in [0, 0.1) is 0 Å². The number of urea groups is 1. The average molecular weight is 656 g/mol. The van der Waals surface area contributed by atoms with Gasteiger partial charge in [0.2, 0.25) is 12.1 Å². The second-order valence-electron chi connectivity index (χ2n) is 12.7. The topological polar surface area (TPSA) is 168 Å². The number of carbonyl (C=O) groups is 4. The van der Waals surface area contributed by atoms with Crippen LogP contribution in [-0.4, -0.2) is 79.2 Å². The number of aliphatic imine (C=N–C) groups is 1. The molecular formula is C35H41N7O6. The first kappa shape index (κ1) is 34.1. The molecule has 1 saturated heterocycles. The van der Waals surface area contributed by atoms with Gasteiger partial charge in [0.25, 0.3) is 5.91 Å². The zero-order valence-electron chi connectivity index (χ0n) is 27.5. The summed E-state index contributed by atoms with van der Waals surface area (Å²) in [7, 11) is 0. The lowest BCUT2D eigenvalue weighted by Gasteiger charge is -2.40. The van der Waals surface area contributed by atoms with Gasteiger partial charge in [-0.2, -0.15) is 0 Å². The number of carbonyl (C=O) groups excluding carboxylic acids is 4.